The van der Waals surface area contributed by atoms with E-state index >= 15 is 0 Å². The van der Waals surface area contributed by atoms with Gasteiger partial charge < -0.3 is 15.8 Å². The van der Waals surface area contributed by atoms with Crippen LogP contribution in [0.4, 0.5) is 5.95 Å². The Kier molecular flexibility index (Phi) is 4.19. The lowest BCUT2D eigenvalue weighted by molar-refractivity contribution is 0.410. The van der Waals surface area contributed by atoms with Crippen LogP contribution in [0.1, 0.15) is 25.7 Å². The van der Waals surface area contributed by atoms with Crippen LogP contribution in [0.5, 0.6) is 5.75 Å². The lowest BCUT2D eigenvalue weighted by atomic mass is 9.92. The molecule has 3 N–H and O–H groups in total. The SMILES string of the molecule is COc1ccc(-n2nnc3cnc(NC4CCC(N)CC4)nc32)cc1. The van der Waals surface area contributed by atoms with E-state index in [0.29, 0.717) is 29.2 Å². The topological polar surface area (TPSA) is 104 Å². The first-order valence-electron chi connectivity index (χ1n) is 8.48. The van der Waals surface area contributed by atoms with E-state index in [0.717, 1.165) is 37.1 Å². The van der Waals surface area contributed by atoms with E-state index in [9.17, 15) is 0 Å². The van der Waals surface area contributed by atoms with Gasteiger partial charge in [-0.2, -0.15) is 9.67 Å². The molecule has 4 rings (SSSR count). The lowest BCUT2D eigenvalue weighted by Crippen LogP contribution is -2.33. The average Bonchev–Trinajstić information content (AvgIpc) is 3.07. The Morgan fingerprint density at radius 2 is 1.92 bits per heavy atom. The van der Waals surface area contributed by atoms with Crippen LogP contribution in [-0.2, 0) is 0 Å². The van der Waals surface area contributed by atoms with E-state index < -0.39 is 0 Å². The molecule has 1 aliphatic carbocycles. The van der Waals surface area contributed by atoms with Crippen LogP contribution in [0.2, 0.25) is 0 Å². The minimum Gasteiger partial charge on any atom is -0.497 e. The number of aromatic nitrogens is 5. The highest BCUT2D eigenvalue weighted by Gasteiger charge is 2.19. The number of hydrogen-bond acceptors (Lipinski definition) is 7. The van der Waals surface area contributed by atoms with Gasteiger partial charge in [0.1, 0.15) is 5.75 Å². The Morgan fingerprint density at radius 3 is 2.64 bits per heavy atom. The third-order valence-corrected chi connectivity index (χ3v) is 4.61. The van der Waals surface area contributed by atoms with Gasteiger partial charge in [0.2, 0.25) is 5.95 Å². The zero-order valence-electron chi connectivity index (χ0n) is 14.1. The summed E-state index contributed by atoms with van der Waals surface area (Å²) in [4.78, 5) is 8.99. The fourth-order valence-corrected chi connectivity index (χ4v) is 3.14. The summed E-state index contributed by atoms with van der Waals surface area (Å²) >= 11 is 0. The molecule has 25 heavy (non-hydrogen) atoms. The first-order valence-corrected chi connectivity index (χ1v) is 8.48. The molecule has 0 atom stereocenters. The first kappa shape index (κ1) is 15.8. The van der Waals surface area contributed by atoms with Crippen molar-refractivity contribution in [3.05, 3.63) is 30.5 Å². The van der Waals surface area contributed by atoms with Gasteiger partial charge in [0, 0.05) is 12.1 Å². The zero-order valence-corrected chi connectivity index (χ0v) is 14.1. The van der Waals surface area contributed by atoms with Crippen molar-refractivity contribution in [3.8, 4) is 11.4 Å². The maximum absolute atomic E-state index is 5.97. The van der Waals surface area contributed by atoms with E-state index in [1.807, 2.05) is 24.3 Å². The van der Waals surface area contributed by atoms with E-state index in [1.54, 1.807) is 18.0 Å². The Morgan fingerprint density at radius 1 is 1.16 bits per heavy atom. The van der Waals surface area contributed by atoms with E-state index in [1.165, 1.54) is 0 Å². The fraction of sp³-hybridized carbons (Fsp3) is 0.412. The summed E-state index contributed by atoms with van der Waals surface area (Å²) < 4.78 is 6.90. The van der Waals surface area contributed by atoms with Gasteiger partial charge >= 0.3 is 0 Å². The van der Waals surface area contributed by atoms with Crippen LogP contribution in [0.15, 0.2) is 30.5 Å². The monoisotopic (exact) mass is 339 g/mol. The summed E-state index contributed by atoms with van der Waals surface area (Å²) in [6.07, 6.45) is 5.85. The van der Waals surface area contributed by atoms with E-state index in [-0.39, 0.29) is 0 Å². The van der Waals surface area contributed by atoms with Gasteiger partial charge in [-0.05, 0) is 49.9 Å². The summed E-state index contributed by atoms with van der Waals surface area (Å²) in [5.74, 6) is 1.39. The molecule has 0 aliphatic heterocycles. The summed E-state index contributed by atoms with van der Waals surface area (Å²) in [6.45, 7) is 0. The molecule has 8 nitrogen and oxygen atoms in total. The van der Waals surface area contributed by atoms with Gasteiger partial charge in [0.15, 0.2) is 11.2 Å². The van der Waals surface area contributed by atoms with Crippen LogP contribution in [-0.4, -0.2) is 44.2 Å². The molecule has 1 aliphatic rings. The summed E-state index contributed by atoms with van der Waals surface area (Å²) in [6, 6.07) is 8.29. The highest BCUT2D eigenvalue weighted by atomic mass is 16.5. The largest absolute Gasteiger partial charge is 0.497 e. The highest BCUT2D eigenvalue weighted by molar-refractivity contribution is 5.72. The molecule has 3 aromatic rings. The predicted octanol–water partition coefficient (Wildman–Crippen LogP) is 1.90. The van der Waals surface area contributed by atoms with Gasteiger partial charge in [0.25, 0.3) is 0 Å². The number of methoxy groups -OCH3 is 1. The van der Waals surface area contributed by atoms with Crippen LogP contribution in [0.3, 0.4) is 0 Å². The Balaban J connectivity index is 1.60. The van der Waals surface area contributed by atoms with Crippen molar-refractivity contribution in [2.24, 2.45) is 5.73 Å². The number of hydrogen-bond donors (Lipinski definition) is 2. The van der Waals surface area contributed by atoms with Crippen molar-refractivity contribution in [2.45, 2.75) is 37.8 Å². The van der Waals surface area contributed by atoms with E-state index in [4.69, 9.17) is 10.5 Å². The van der Waals surface area contributed by atoms with Crippen LogP contribution < -0.4 is 15.8 Å². The minimum absolute atomic E-state index is 0.321. The van der Waals surface area contributed by atoms with Crippen molar-refractivity contribution >= 4 is 17.1 Å². The Labute approximate surface area is 145 Å². The normalized spacial score (nSPS) is 20.6. The molecule has 8 heteroatoms. The molecule has 2 heterocycles. The second-order valence-corrected chi connectivity index (χ2v) is 6.36. The summed E-state index contributed by atoms with van der Waals surface area (Å²) in [7, 11) is 1.64. The fourth-order valence-electron chi connectivity index (χ4n) is 3.14. The number of nitrogens with two attached hydrogens (primary N) is 1. The van der Waals surface area contributed by atoms with Crippen LogP contribution in [0.25, 0.3) is 16.9 Å². The number of nitrogens with zero attached hydrogens (tertiary/aromatic N) is 5. The van der Waals surface area contributed by atoms with E-state index in [2.05, 4.69) is 25.6 Å². The molecule has 0 unspecified atom stereocenters. The maximum atomic E-state index is 5.97. The van der Waals surface area contributed by atoms with Crippen molar-refractivity contribution in [3.63, 3.8) is 0 Å². The number of benzene rings is 1. The number of anilines is 1. The maximum Gasteiger partial charge on any atom is 0.225 e. The molecule has 130 valence electrons. The number of ether oxygens (including phenoxy) is 1. The lowest BCUT2D eigenvalue weighted by Gasteiger charge is -2.26. The smallest absolute Gasteiger partial charge is 0.225 e. The van der Waals surface area contributed by atoms with Crippen molar-refractivity contribution in [1.82, 2.24) is 25.0 Å². The second-order valence-electron chi connectivity index (χ2n) is 6.36. The molecule has 0 amide bonds. The molecule has 0 spiro atoms. The van der Waals surface area contributed by atoms with Crippen LogP contribution in [0, 0.1) is 0 Å². The molecular formula is C17H21N7O. The third-order valence-electron chi connectivity index (χ3n) is 4.61. The summed E-state index contributed by atoms with van der Waals surface area (Å²) in [5, 5.41) is 11.8. The van der Waals surface area contributed by atoms with Gasteiger partial charge in [-0.1, -0.05) is 5.21 Å². The molecule has 0 bridgehead atoms. The molecule has 0 radical (unpaired) electrons. The van der Waals surface area contributed by atoms with Crippen molar-refractivity contribution in [1.29, 1.82) is 0 Å². The first-order chi connectivity index (χ1) is 12.2. The number of nitrogens with one attached hydrogen (secondary N) is 1. The predicted molar refractivity (Wildman–Crippen MR) is 94.9 cm³/mol. The zero-order chi connectivity index (χ0) is 17.2. The molecule has 1 aromatic carbocycles. The Bertz CT molecular complexity index is 853. The molecule has 1 fully saturated rings. The molecular weight excluding hydrogens is 318 g/mol. The molecule has 0 saturated heterocycles. The highest BCUT2D eigenvalue weighted by Crippen LogP contribution is 2.21. The third kappa shape index (κ3) is 3.25. The van der Waals surface area contributed by atoms with Crippen molar-refractivity contribution < 1.29 is 4.74 Å². The van der Waals surface area contributed by atoms with Crippen LogP contribution >= 0.6 is 0 Å². The quantitative estimate of drug-likeness (QED) is 0.748. The van der Waals surface area contributed by atoms with Gasteiger partial charge in [-0.3, -0.25) is 0 Å². The minimum atomic E-state index is 0.321. The Hall–Kier alpha value is -2.74. The molecule has 1 saturated carbocycles. The van der Waals surface area contributed by atoms with Gasteiger partial charge in [0.05, 0.1) is 19.0 Å². The standard InChI is InChI=1S/C17H21N7O/c1-25-14-8-6-13(7-9-14)24-16-15(22-23-24)10-19-17(21-16)20-12-4-2-11(18)3-5-12/h6-12H,2-5,18H2,1H3,(H,19,20,21). The second kappa shape index (κ2) is 6.64. The summed E-state index contributed by atoms with van der Waals surface area (Å²) in [5.41, 5.74) is 8.18. The number of rotatable bonds is 4. The van der Waals surface area contributed by atoms with Gasteiger partial charge in [-0.25, -0.2) is 4.98 Å². The average molecular weight is 339 g/mol. The number of fused-ring (bicyclic) bond motifs is 1. The molecule has 2 aromatic heterocycles. The van der Waals surface area contributed by atoms with Gasteiger partial charge in [-0.15, -0.1) is 5.10 Å². The van der Waals surface area contributed by atoms with Crippen molar-refractivity contribution in [2.75, 3.05) is 12.4 Å².